The normalized spacial score (nSPS) is 22.8. The van der Waals surface area contributed by atoms with E-state index in [0.29, 0.717) is 4.90 Å². The maximum atomic E-state index is 12.5. The number of alkyl halides is 1. The van der Waals surface area contributed by atoms with Gasteiger partial charge in [0, 0.05) is 25.3 Å². The van der Waals surface area contributed by atoms with Gasteiger partial charge in [0.2, 0.25) is 0 Å². The van der Waals surface area contributed by atoms with E-state index in [1.165, 1.54) is 12.8 Å². The second-order valence-corrected chi connectivity index (χ2v) is 14.1. The van der Waals surface area contributed by atoms with Crippen LogP contribution in [0.5, 0.6) is 0 Å². The number of halogens is 1. The molecule has 1 atom stereocenters. The maximum Gasteiger partial charge on any atom is 0.190 e. The van der Waals surface area contributed by atoms with Gasteiger partial charge in [0.25, 0.3) is 0 Å². The van der Waals surface area contributed by atoms with Crippen LogP contribution in [0.3, 0.4) is 0 Å². The molecule has 0 amide bonds. The van der Waals surface area contributed by atoms with E-state index in [1.807, 2.05) is 34.7 Å². The summed E-state index contributed by atoms with van der Waals surface area (Å²) in [6.07, 6.45) is 3.90. The molecule has 0 bridgehead atoms. The van der Waals surface area contributed by atoms with Gasteiger partial charge in [0.1, 0.15) is 3.26 Å². The fraction of sp³-hybridized carbons (Fsp3) is 0.727. The van der Waals surface area contributed by atoms with Crippen LogP contribution in [-0.2, 0) is 9.84 Å². The van der Waals surface area contributed by atoms with Crippen molar-refractivity contribution in [3.05, 3.63) is 24.3 Å². The molecule has 5 nitrogen and oxygen atoms in total. The molecule has 29 heavy (non-hydrogen) atoms. The van der Waals surface area contributed by atoms with Gasteiger partial charge in [0.05, 0.1) is 10.5 Å². The first-order chi connectivity index (χ1) is 13.6. The number of piperidine rings is 2. The fourth-order valence-corrected chi connectivity index (χ4v) is 6.39. The molecule has 1 aromatic rings. The zero-order valence-electron chi connectivity index (χ0n) is 17.8. The Morgan fingerprint density at radius 1 is 1.14 bits per heavy atom. The lowest BCUT2D eigenvalue weighted by atomic mass is 9.85. The maximum absolute atomic E-state index is 12.5. The predicted octanol–water partition coefficient (Wildman–Crippen LogP) is 3.94. The van der Waals surface area contributed by atoms with E-state index >= 15 is 0 Å². The Morgan fingerprint density at radius 3 is 2.31 bits per heavy atom. The van der Waals surface area contributed by atoms with Crippen LogP contribution in [0.15, 0.2) is 29.2 Å². The highest BCUT2D eigenvalue weighted by Gasteiger charge is 2.35. The zero-order valence-corrected chi connectivity index (χ0v) is 20.8. The van der Waals surface area contributed by atoms with Gasteiger partial charge in [0.15, 0.2) is 9.84 Å². The Labute approximate surface area is 189 Å². The largest absolute Gasteiger partial charge is 0.388 e. The summed E-state index contributed by atoms with van der Waals surface area (Å²) in [5.74, 6) is 1.56. The molecule has 164 valence electrons. The molecular formula is C22H35IN2O3S. The lowest BCUT2D eigenvalue weighted by Crippen LogP contribution is -2.52. The van der Waals surface area contributed by atoms with Crippen molar-refractivity contribution in [2.24, 2.45) is 11.8 Å². The molecule has 0 aromatic heterocycles. The summed E-state index contributed by atoms with van der Waals surface area (Å²) < 4.78 is 24.5. The van der Waals surface area contributed by atoms with Gasteiger partial charge < -0.3 is 14.9 Å². The first kappa shape index (κ1) is 23.3. The van der Waals surface area contributed by atoms with E-state index in [9.17, 15) is 13.5 Å². The molecule has 1 unspecified atom stereocenters. The average Bonchev–Trinajstić information content (AvgIpc) is 2.68. The van der Waals surface area contributed by atoms with Crippen molar-refractivity contribution in [2.45, 2.75) is 60.2 Å². The summed E-state index contributed by atoms with van der Waals surface area (Å²) in [5, 5.41) is 11.2. The quantitative estimate of drug-likeness (QED) is 0.443. The van der Waals surface area contributed by atoms with Gasteiger partial charge >= 0.3 is 0 Å². The van der Waals surface area contributed by atoms with Crippen LogP contribution in [0.1, 0.15) is 46.5 Å². The lowest BCUT2D eigenvalue weighted by Gasteiger charge is -2.43. The summed E-state index contributed by atoms with van der Waals surface area (Å²) in [7, 11) is -3.29. The number of nitrogens with zero attached hydrogens (tertiary/aromatic N) is 2. The molecule has 2 fully saturated rings. The highest BCUT2D eigenvalue weighted by atomic mass is 127. The highest BCUT2D eigenvalue weighted by Crippen LogP contribution is 2.31. The lowest BCUT2D eigenvalue weighted by molar-refractivity contribution is -0.0249. The van der Waals surface area contributed by atoms with Gasteiger partial charge in [-0.15, -0.1) is 0 Å². The Kier molecular flexibility index (Phi) is 7.55. The molecule has 0 spiro atoms. The zero-order chi connectivity index (χ0) is 21.2. The van der Waals surface area contributed by atoms with E-state index in [4.69, 9.17) is 0 Å². The first-order valence-corrected chi connectivity index (χ1v) is 13.6. The second-order valence-electron chi connectivity index (χ2n) is 9.15. The Balaban J connectivity index is 1.58. The van der Waals surface area contributed by atoms with Crippen molar-refractivity contribution in [3.63, 3.8) is 0 Å². The monoisotopic (exact) mass is 534 g/mol. The van der Waals surface area contributed by atoms with Crippen molar-refractivity contribution in [1.82, 2.24) is 4.90 Å². The minimum absolute atomic E-state index is 0.380. The molecule has 0 saturated carbocycles. The molecule has 0 aliphatic carbocycles. The number of likely N-dealkylation sites (tertiary alicyclic amines) is 1. The standard InChI is InChI=1S/C22H35IN2O3S/c1-17(2)19-7-11-24(12-8-19)16-22(26)9-13-25(14-10-22)20-5-4-6-21(15-20)29(27,28)18(3)23/h4-6,15,17-19,26H,7-14,16H2,1-3H3. The van der Waals surface area contributed by atoms with Crippen LogP contribution in [0.2, 0.25) is 0 Å². The number of anilines is 1. The van der Waals surface area contributed by atoms with Crippen LogP contribution in [0, 0.1) is 11.8 Å². The van der Waals surface area contributed by atoms with Crippen LogP contribution in [0.4, 0.5) is 5.69 Å². The van der Waals surface area contributed by atoms with Crippen LogP contribution >= 0.6 is 22.6 Å². The number of β-amino-alcohol motifs (C(OH)–C–C–N with tert-alkyl or cyclic N) is 1. The molecule has 2 aliphatic heterocycles. The second kappa shape index (κ2) is 9.40. The number of hydrogen-bond donors (Lipinski definition) is 1. The van der Waals surface area contributed by atoms with Crippen LogP contribution in [0.25, 0.3) is 0 Å². The molecular weight excluding hydrogens is 499 g/mol. The predicted molar refractivity (Wildman–Crippen MR) is 128 cm³/mol. The Bertz CT molecular complexity index is 781. The van der Waals surface area contributed by atoms with Crippen molar-refractivity contribution in [2.75, 3.05) is 37.6 Å². The molecule has 1 aromatic carbocycles. The summed E-state index contributed by atoms with van der Waals surface area (Å²) in [6, 6.07) is 7.25. The third kappa shape index (κ3) is 5.66. The number of aliphatic hydroxyl groups is 1. The van der Waals surface area contributed by atoms with Crippen LogP contribution < -0.4 is 4.90 Å². The Hall–Kier alpha value is -0.380. The van der Waals surface area contributed by atoms with Gasteiger partial charge in [-0.25, -0.2) is 8.42 Å². The van der Waals surface area contributed by atoms with E-state index < -0.39 is 18.7 Å². The van der Waals surface area contributed by atoms with Crippen molar-refractivity contribution >= 4 is 38.1 Å². The van der Waals surface area contributed by atoms with E-state index in [-0.39, 0.29) is 0 Å². The average molecular weight is 535 g/mol. The summed E-state index contributed by atoms with van der Waals surface area (Å²) in [6.45, 7) is 10.8. The number of benzene rings is 1. The SMILES string of the molecule is CC(C)C1CCN(CC2(O)CCN(c3cccc(S(=O)(=O)C(C)I)c3)CC2)CC1. The minimum Gasteiger partial charge on any atom is -0.388 e. The van der Waals surface area contributed by atoms with Crippen molar-refractivity contribution in [3.8, 4) is 0 Å². The molecule has 3 rings (SSSR count). The molecule has 2 heterocycles. The molecule has 2 aliphatic rings. The third-order valence-corrected chi connectivity index (χ3v) is 10.5. The Morgan fingerprint density at radius 2 is 1.76 bits per heavy atom. The fourth-order valence-electron chi connectivity index (χ4n) is 4.58. The molecule has 7 heteroatoms. The summed E-state index contributed by atoms with van der Waals surface area (Å²) in [4.78, 5) is 5.02. The van der Waals surface area contributed by atoms with Gasteiger partial charge in [-0.1, -0.05) is 42.5 Å². The summed E-state index contributed by atoms with van der Waals surface area (Å²) >= 11 is 1.95. The highest BCUT2D eigenvalue weighted by molar-refractivity contribution is 14.1. The molecule has 1 N–H and O–H groups in total. The third-order valence-electron chi connectivity index (χ3n) is 6.73. The number of sulfone groups is 1. The smallest absolute Gasteiger partial charge is 0.190 e. The van der Waals surface area contributed by atoms with E-state index in [1.54, 1.807) is 19.1 Å². The molecule has 2 saturated heterocycles. The minimum atomic E-state index is -3.29. The number of hydrogen-bond acceptors (Lipinski definition) is 5. The van der Waals surface area contributed by atoms with Crippen molar-refractivity contribution in [1.29, 1.82) is 0 Å². The van der Waals surface area contributed by atoms with Gasteiger partial charge in [-0.2, -0.15) is 0 Å². The topological polar surface area (TPSA) is 60.9 Å². The van der Waals surface area contributed by atoms with Crippen molar-refractivity contribution < 1.29 is 13.5 Å². The van der Waals surface area contributed by atoms with Crippen LogP contribution in [-0.4, -0.2) is 60.0 Å². The summed E-state index contributed by atoms with van der Waals surface area (Å²) in [5.41, 5.74) is 0.296. The van der Waals surface area contributed by atoms with Gasteiger partial charge in [-0.3, -0.25) is 0 Å². The van der Waals surface area contributed by atoms with E-state index in [0.717, 1.165) is 63.1 Å². The number of rotatable bonds is 6. The first-order valence-electron chi connectivity index (χ1n) is 10.8. The van der Waals surface area contributed by atoms with Gasteiger partial charge in [-0.05, 0) is 75.7 Å². The molecule has 0 radical (unpaired) electrons. The van der Waals surface area contributed by atoms with E-state index in [2.05, 4.69) is 23.6 Å².